The largest absolute Gasteiger partial charge is 0.469 e. The normalized spacial score (nSPS) is 16.8. The zero-order chi connectivity index (χ0) is 9.26. The van der Waals surface area contributed by atoms with E-state index in [1.165, 1.54) is 0 Å². The van der Waals surface area contributed by atoms with E-state index >= 15 is 0 Å². The molecule has 0 N–H and O–H groups in total. The van der Waals surface area contributed by atoms with E-state index in [0.29, 0.717) is 24.1 Å². The minimum absolute atomic E-state index is 0.130. The van der Waals surface area contributed by atoms with Crippen LogP contribution in [0.5, 0.6) is 5.88 Å². The second-order valence-corrected chi connectivity index (χ2v) is 4.01. The highest BCUT2D eigenvalue weighted by Gasteiger charge is 2.21. The predicted molar refractivity (Wildman–Crippen MR) is 52.2 cm³/mol. The number of hydrogen-bond acceptors (Lipinski definition) is 3. The van der Waals surface area contributed by atoms with Crippen molar-refractivity contribution in [1.29, 1.82) is 0 Å². The Bertz CT molecular complexity index is 317. The van der Waals surface area contributed by atoms with Crippen LogP contribution in [0.4, 0.5) is 0 Å². The molecule has 3 nitrogen and oxygen atoms in total. The fourth-order valence-corrected chi connectivity index (χ4v) is 1.66. The van der Waals surface area contributed by atoms with E-state index in [1.807, 2.05) is 0 Å². The molecule has 0 unspecified atom stereocenters. The van der Waals surface area contributed by atoms with Gasteiger partial charge in [0, 0.05) is 6.20 Å². The third-order valence-electron chi connectivity index (χ3n) is 1.66. The number of hydrogen-bond donors (Lipinski definition) is 0. The first-order valence-electron chi connectivity index (χ1n) is 3.81. The van der Waals surface area contributed by atoms with Crippen LogP contribution in [-0.2, 0) is 4.74 Å². The molecule has 1 aromatic rings. The van der Waals surface area contributed by atoms with E-state index < -0.39 is 0 Å². The quantitative estimate of drug-likeness (QED) is 0.821. The predicted octanol–water partition coefficient (Wildman–Crippen LogP) is 2.28. The van der Waals surface area contributed by atoms with Gasteiger partial charge in [0.2, 0.25) is 5.88 Å². The Kier molecular flexibility index (Phi) is 2.71. The van der Waals surface area contributed by atoms with E-state index in [0.717, 1.165) is 4.47 Å². The molecule has 0 saturated carbocycles. The molecule has 1 fully saturated rings. The van der Waals surface area contributed by atoms with E-state index in [1.54, 1.807) is 12.3 Å². The maximum atomic E-state index is 5.73. The van der Waals surface area contributed by atoms with Crippen molar-refractivity contribution >= 4 is 27.5 Å². The first-order valence-corrected chi connectivity index (χ1v) is 4.98. The fourth-order valence-electron chi connectivity index (χ4n) is 0.929. The van der Waals surface area contributed by atoms with Gasteiger partial charge in [-0.3, -0.25) is 0 Å². The van der Waals surface area contributed by atoms with Crippen molar-refractivity contribution in [3.8, 4) is 5.88 Å². The Morgan fingerprint density at radius 3 is 2.92 bits per heavy atom. The summed E-state index contributed by atoms with van der Waals surface area (Å²) in [4.78, 5) is 4.04. The molecule has 0 spiro atoms. The maximum Gasteiger partial charge on any atom is 0.228 e. The molecular formula is C8H7BrClNO2. The van der Waals surface area contributed by atoms with Gasteiger partial charge < -0.3 is 9.47 Å². The minimum atomic E-state index is 0.130. The van der Waals surface area contributed by atoms with Gasteiger partial charge in [-0.05, 0) is 22.0 Å². The van der Waals surface area contributed by atoms with Crippen LogP contribution in [0.15, 0.2) is 16.7 Å². The topological polar surface area (TPSA) is 31.4 Å². The lowest BCUT2D eigenvalue weighted by molar-refractivity contribution is -0.0816. The summed E-state index contributed by atoms with van der Waals surface area (Å²) in [6, 6.07) is 1.75. The molecule has 70 valence electrons. The first-order chi connectivity index (χ1) is 6.25. The van der Waals surface area contributed by atoms with Crippen molar-refractivity contribution in [2.45, 2.75) is 6.10 Å². The van der Waals surface area contributed by atoms with Crippen LogP contribution >= 0.6 is 27.5 Å². The van der Waals surface area contributed by atoms with Crippen molar-refractivity contribution in [1.82, 2.24) is 4.98 Å². The Morgan fingerprint density at radius 2 is 2.38 bits per heavy atom. The number of ether oxygens (including phenoxy) is 2. The van der Waals surface area contributed by atoms with Gasteiger partial charge in [-0.15, -0.1) is 0 Å². The number of halogens is 2. The van der Waals surface area contributed by atoms with Crippen molar-refractivity contribution in [2.24, 2.45) is 0 Å². The highest BCUT2D eigenvalue weighted by Crippen LogP contribution is 2.26. The molecule has 0 aromatic carbocycles. The fraction of sp³-hybridized carbons (Fsp3) is 0.375. The molecular weight excluding hydrogens is 257 g/mol. The zero-order valence-electron chi connectivity index (χ0n) is 6.67. The van der Waals surface area contributed by atoms with Gasteiger partial charge >= 0.3 is 0 Å². The summed E-state index contributed by atoms with van der Waals surface area (Å²) >= 11 is 9.04. The first kappa shape index (κ1) is 9.24. The highest BCUT2D eigenvalue weighted by molar-refractivity contribution is 9.10. The van der Waals surface area contributed by atoms with Crippen molar-refractivity contribution in [3.05, 3.63) is 21.8 Å². The number of pyridine rings is 1. The molecule has 1 saturated heterocycles. The maximum absolute atomic E-state index is 5.73. The molecule has 1 aromatic heterocycles. The highest BCUT2D eigenvalue weighted by atomic mass is 79.9. The Labute approximate surface area is 89.1 Å². The second-order valence-electron chi connectivity index (χ2n) is 2.72. The average molecular weight is 265 g/mol. The van der Waals surface area contributed by atoms with E-state index in [2.05, 4.69) is 20.9 Å². The van der Waals surface area contributed by atoms with Crippen LogP contribution in [-0.4, -0.2) is 24.3 Å². The minimum Gasteiger partial charge on any atom is -0.469 e. The van der Waals surface area contributed by atoms with Gasteiger partial charge in [0.05, 0.1) is 22.7 Å². The van der Waals surface area contributed by atoms with E-state index in [9.17, 15) is 0 Å². The SMILES string of the molecule is Clc1cnc(OC2COC2)c(Br)c1. The molecule has 0 aliphatic carbocycles. The summed E-state index contributed by atoms with van der Waals surface area (Å²) in [7, 11) is 0. The Balaban J connectivity index is 2.10. The summed E-state index contributed by atoms with van der Waals surface area (Å²) in [5.41, 5.74) is 0. The van der Waals surface area contributed by atoms with Gasteiger partial charge in [-0.1, -0.05) is 11.6 Å². The molecule has 0 amide bonds. The van der Waals surface area contributed by atoms with Crippen LogP contribution in [0.1, 0.15) is 0 Å². The standard InChI is InChI=1S/C8H7BrClNO2/c9-7-1-5(10)2-11-8(7)13-6-3-12-4-6/h1-2,6H,3-4H2. The molecule has 0 bridgehead atoms. The summed E-state index contributed by atoms with van der Waals surface area (Å²) in [6.07, 6.45) is 1.69. The number of aromatic nitrogens is 1. The number of rotatable bonds is 2. The van der Waals surface area contributed by atoms with Gasteiger partial charge in [0.25, 0.3) is 0 Å². The van der Waals surface area contributed by atoms with E-state index in [4.69, 9.17) is 21.1 Å². The van der Waals surface area contributed by atoms with Crippen LogP contribution in [0.25, 0.3) is 0 Å². The molecule has 0 atom stereocenters. The van der Waals surface area contributed by atoms with Crippen molar-refractivity contribution in [2.75, 3.05) is 13.2 Å². The molecule has 0 radical (unpaired) electrons. The van der Waals surface area contributed by atoms with Gasteiger partial charge in [-0.25, -0.2) is 4.98 Å². The summed E-state index contributed by atoms with van der Waals surface area (Å²) in [5.74, 6) is 0.567. The van der Waals surface area contributed by atoms with Crippen LogP contribution < -0.4 is 4.74 Å². The van der Waals surface area contributed by atoms with Gasteiger partial charge in [0.15, 0.2) is 0 Å². The van der Waals surface area contributed by atoms with Gasteiger partial charge in [-0.2, -0.15) is 0 Å². The van der Waals surface area contributed by atoms with Crippen LogP contribution in [0.3, 0.4) is 0 Å². The van der Waals surface area contributed by atoms with Crippen LogP contribution in [0, 0.1) is 0 Å². The van der Waals surface area contributed by atoms with Gasteiger partial charge in [0.1, 0.15) is 6.10 Å². The van der Waals surface area contributed by atoms with Crippen LogP contribution in [0.2, 0.25) is 5.02 Å². The summed E-state index contributed by atoms with van der Waals surface area (Å²) < 4.78 is 11.2. The summed E-state index contributed by atoms with van der Waals surface area (Å²) in [5, 5.41) is 0.587. The molecule has 2 heterocycles. The Morgan fingerprint density at radius 1 is 1.62 bits per heavy atom. The van der Waals surface area contributed by atoms with E-state index in [-0.39, 0.29) is 6.10 Å². The zero-order valence-corrected chi connectivity index (χ0v) is 9.01. The van der Waals surface area contributed by atoms with Crippen molar-refractivity contribution < 1.29 is 9.47 Å². The lowest BCUT2D eigenvalue weighted by atomic mass is 10.3. The average Bonchev–Trinajstić information content (AvgIpc) is 1.99. The number of nitrogens with zero attached hydrogens (tertiary/aromatic N) is 1. The third kappa shape index (κ3) is 2.13. The summed E-state index contributed by atoms with van der Waals surface area (Å²) in [6.45, 7) is 1.27. The molecule has 1 aliphatic rings. The van der Waals surface area contributed by atoms with Crippen molar-refractivity contribution in [3.63, 3.8) is 0 Å². The molecule has 13 heavy (non-hydrogen) atoms. The third-order valence-corrected chi connectivity index (χ3v) is 2.43. The Hall–Kier alpha value is -0.320. The molecule has 2 rings (SSSR count). The second kappa shape index (κ2) is 3.82. The lowest BCUT2D eigenvalue weighted by Gasteiger charge is -2.26. The molecule has 1 aliphatic heterocycles. The smallest absolute Gasteiger partial charge is 0.228 e. The molecule has 5 heteroatoms. The monoisotopic (exact) mass is 263 g/mol. The lowest BCUT2D eigenvalue weighted by Crippen LogP contribution is -2.38.